The molecule has 0 radical (unpaired) electrons. The fourth-order valence-corrected chi connectivity index (χ4v) is 2.98. The van der Waals surface area contributed by atoms with E-state index in [4.69, 9.17) is 5.73 Å². The summed E-state index contributed by atoms with van der Waals surface area (Å²) in [5.74, 6) is 0. The van der Waals surface area contributed by atoms with E-state index in [1.165, 1.54) is 6.07 Å². The molecule has 6 heteroatoms. The van der Waals surface area contributed by atoms with Gasteiger partial charge in [0.1, 0.15) is 0 Å². The van der Waals surface area contributed by atoms with E-state index in [1.54, 1.807) is 19.9 Å². The predicted molar refractivity (Wildman–Crippen MR) is 71.8 cm³/mol. The second kappa shape index (κ2) is 5.69. The molecule has 0 amide bonds. The summed E-state index contributed by atoms with van der Waals surface area (Å²) in [5.41, 5.74) is 7.57. The number of nitrogens with two attached hydrogens (primary N) is 1. The molecule has 0 bridgehead atoms. The van der Waals surface area contributed by atoms with Crippen molar-refractivity contribution in [2.45, 2.75) is 38.2 Å². The first-order valence-corrected chi connectivity index (χ1v) is 7.30. The summed E-state index contributed by atoms with van der Waals surface area (Å²) in [6, 6.07) is 3.16. The summed E-state index contributed by atoms with van der Waals surface area (Å²) in [4.78, 5) is 0.170. The normalized spacial score (nSPS) is 13.6. The van der Waals surface area contributed by atoms with Crippen molar-refractivity contribution in [3.8, 4) is 0 Å². The number of hydrogen-bond acceptors (Lipinski definition) is 4. The van der Waals surface area contributed by atoms with Gasteiger partial charge in [-0.15, -0.1) is 0 Å². The van der Waals surface area contributed by atoms with Crippen LogP contribution in [0.2, 0.25) is 0 Å². The van der Waals surface area contributed by atoms with Crippen LogP contribution in [0.15, 0.2) is 17.0 Å². The molecule has 4 N–H and O–H groups in total. The fourth-order valence-electron chi connectivity index (χ4n) is 1.56. The van der Waals surface area contributed by atoms with Crippen LogP contribution in [0.4, 0.5) is 5.69 Å². The molecule has 0 spiro atoms. The molecule has 1 unspecified atom stereocenters. The molecule has 5 nitrogen and oxygen atoms in total. The number of benzene rings is 1. The predicted octanol–water partition coefficient (Wildman–Crippen LogP) is 0.935. The summed E-state index contributed by atoms with van der Waals surface area (Å²) < 4.78 is 26.6. The van der Waals surface area contributed by atoms with Crippen LogP contribution >= 0.6 is 0 Å². The van der Waals surface area contributed by atoms with Gasteiger partial charge in [-0.2, -0.15) is 0 Å². The molecule has 102 valence electrons. The molecule has 0 saturated heterocycles. The molecule has 0 heterocycles. The third kappa shape index (κ3) is 3.44. The molecule has 1 rings (SSSR count). The lowest BCUT2D eigenvalue weighted by molar-refractivity contribution is 0.174. The van der Waals surface area contributed by atoms with Crippen LogP contribution in [0.5, 0.6) is 0 Å². The van der Waals surface area contributed by atoms with Crippen molar-refractivity contribution < 1.29 is 13.5 Å². The molecule has 0 fully saturated rings. The van der Waals surface area contributed by atoms with Crippen molar-refractivity contribution in [1.29, 1.82) is 0 Å². The fraction of sp³-hybridized carbons (Fsp3) is 0.500. The molecular weight excluding hydrogens is 252 g/mol. The third-order valence-corrected chi connectivity index (χ3v) is 4.46. The molecule has 18 heavy (non-hydrogen) atoms. The minimum absolute atomic E-state index is 0.00607. The van der Waals surface area contributed by atoms with Crippen molar-refractivity contribution in [1.82, 2.24) is 4.72 Å². The lowest BCUT2D eigenvalue weighted by atomic mass is 10.1. The Bertz CT molecular complexity index is 526. The molecule has 1 atom stereocenters. The topological polar surface area (TPSA) is 92.4 Å². The molecule has 1 aromatic rings. The zero-order valence-electron chi connectivity index (χ0n) is 10.9. The van der Waals surface area contributed by atoms with E-state index in [0.717, 1.165) is 5.56 Å². The van der Waals surface area contributed by atoms with Crippen LogP contribution in [0.1, 0.15) is 24.5 Å². The van der Waals surface area contributed by atoms with Crippen LogP contribution in [0, 0.1) is 13.8 Å². The first-order chi connectivity index (χ1) is 8.27. The summed E-state index contributed by atoms with van der Waals surface area (Å²) in [5, 5.41) is 9.40. The minimum atomic E-state index is -3.63. The average molecular weight is 272 g/mol. The van der Waals surface area contributed by atoms with Crippen molar-refractivity contribution in [3.63, 3.8) is 0 Å². The monoisotopic (exact) mass is 272 g/mol. The summed E-state index contributed by atoms with van der Waals surface area (Å²) in [6.45, 7) is 5.34. The largest absolute Gasteiger partial charge is 0.399 e. The van der Waals surface area contributed by atoms with Crippen molar-refractivity contribution in [3.05, 3.63) is 23.3 Å². The SMILES string of the molecule is CCC(O)CNS(=O)(=O)c1cc(N)cc(C)c1C. The Morgan fingerprint density at radius 2 is 2.00 bits per heavy atom. The van der Waals surface area contributed by atoms with Gasteiger partial charge in [0.15, 0.2) is 0 Å². The van der Waals surface area contributed by atoms with Gasteiger partial charge in [-0.25, -0.2) is 13.1 Å². The Balaban J connectivity index is 3.05. The maximum atomic E-state index is 12.1. The highest BCUT2D eigenvalue weighted by Crippen LogP contribution is 2.22. The first-order valence-electron chi connectivity index (χ1n) is 5.82. The summed E-state index contributed by atoms with van der Waals surface area (Å²) in [7, 11) is -3.63. The van der Waals surface area contributed by atoms with Crippen molar-refractivity contribution >= 4 is 15.7 Å². The highest BCUT2D eigenvalue weighted by molar-refractivity contribution is 7.89. The van der Waals surface area contributed by atoms with Crippen LogP contribution in [-0.2, 0) is 10.0 Å². The molecule has 0 aromatic heterocycles. The van der Waals surface area contributed by atoms with Crippen molar-refractivity contribution in [2.75, 3.05) is 12.3 Å². The summed E-state index contributed by atoms with van der Waals surface area (Å²) in [6.07, 6.45) is -0.181. The van der Waals surface area contributed by atoms with E-state index < -0.39 is 16.1 Å². The third-order valence-electron chi connectivity index (χ3n) is 2.91. The summed E-state index contributed by atoms with van der Waals surface area (Å²) >= 11 is 0. The Kier molecular flexibility index (Phi) is 4.72. The van der Waals surface area contributed by atoms with E-state index in [0.29, 0.717) is 17.7 Å². The van der Waals surface area contributed by atoms with Crippen LogP contribution in [0.25, 0.3) is 0 Å². The van der Waals surface area contributed by atoms with E-state index in [1.807, 2.05) is 6.92 Å². The van der Waals surface area contributed by atoms with Crippen molar-refractivity contribution in [2.24, 2.45) is 0 Å². The molecule has 1 aromatic carbocycles. The van der Waals surface area contributed by atoms with E-state index in [2.05, 4.69) is 4.72 Å². The van der Waals surface area contributed by atoms with Crippen LogP contribution in [0.3, 0.4) is 0 Å². The van der Waals surface area contributed by atoms with Gasteiger partial charge in [0.25, 0.3) is 0 Å². The number of rotatable bonds is 5. The van der Waals surface area contributed by atoms with Crippen LogP contribution in [-0.4, -0.2) is 26.2 Å². The molecule has 0 aliphatic heterocycles. The first kappa shape index (κ1) is 14.9. The van der Waals surface area contributed by atoms with Gasteiger partial charge in [-0.05, 0) is 43.5 Å². The van der Waals surface area contributed by atoms with E-state index >= 15 is 0 Å². The number of anilines is 1. The highest BCUT2D eigenvalue weighted by Gasteiger charge is 2.19. The minimum Gasteiger partial charge on any atom is -0.399 e. The second-order valence-electron chi connectivity index (χ2n) is 4.37. The Hall–Kier alpha value is -1.11. The average Bonchev–Trinajstić information content (AvgIpc) is 2.30. The number of aliphatic hydroxyl groups excluding tert-OH is 1. The Labute approximate surface area is 108 Å². The number of nitrogen functional groups attached to an aromatic ring is 1. The van der Waals surface area contributed by atoms with Gasteiger partial charge in [0.2, 0.25) is 10.0 Å². The van der Waals surface area contributed by atoms with E-state index in [9.17, 15) is 13.5 Å². The van der Waals surface area contributed by atoms with E-state index in [-0.39, 0.29) is 11.4 Å². The van der Waals surface area contributed by atoms with Gasteiger partial charge in [-0.3, -0.25) is 0 Å². The van der Waals surface area contributed by atoms with Gasteiger partial charge in [-0.1, -0.05) is 6.92 Å². The second-order valence-corrected chi connectivity index (χ2v) is 6.11. The number of aliphatic hydroxyl groups is 1. The maximum Gasteiger partial charge on any atom is 0.241 e. The smallest absolute Gasteiger partial charge is 0.241 e. The Morgan fingerprint density at radius 1 is 1.39 bits per heavy atom. The number of hydrogen-bond donors (Lipinski definition) is 3. The zero-order valence-corrected chi connectivity index (χ0v) is 11.7. The quantitative estimate of drug-likeness (QED) is 0.695. The zero-order chi connectivity index (χ0) is 13.9. The lowest BCUT2D eigenvalue weighted by Gasteiger charge is -2.14. The lowest BCUT2D eigenvalue weighted by Crippen LogP contribution is -2.32. The van der Waals surface area contributed by atoms with Gasteiger partial charge < -0.3 is 10.8 Å². The van der Waals surface area contributed by atoms with Gasteiger partial charge >= 0.3 is 0 Å². The van der Waals surface area contributed by atoms with Crippen LogP contribution < -0.4 is 10.5 Å². The molecule has 0 aliphatic rings. The maximum absolute atomic E-state index is 12.1. The Morgan fingerprint density at radius 3 is 2.56 bits per heavy atom. The number of sulfonamides is 1. The number of nitrogens with one attached hydrogen (secondary N) is 1. The van der Waals surface area contributed by atoms with Gasteiger partial charge in [0.05, 0.1) is 11.0 Å². The molecule has 0 aliphatic carbocycles. The van der Waals surface area contributed by atoms with Gasteiger partial charge in [0, 0.05) is 12.2 Å². The molecule has 0 saturated carbocycles. The standard InChI is InChI=1S/C12H20N2O3S/c1-4-11(15)7-14-18(16,17)12-6-10(13)5-8(2)9(12)3/h5-6,11,14-15H,4,7,13H2,1-3H3. The number of aryl methyl sites for hydroxylation is 1. The highest BCUT2D eigenvalue weighted by atomic mass is 32.2. The molecular formula is C12H20N2O3S.